The molecule has 0 aliphatic rings. The highest BCUT2D eigenvalue weighted by Crippen LogP contribution is 2.22. The third-order valence-corrected chi connectivity index (χ3v) is 2.85. The molecule has 1 heterocycles. The van der Waals surface area contributed by atoms with Crippen LogP contribution in [0.15, 0.2) is 28.7 Å². The average Bonchev–Trinajstić information content (AvgIpc) is 2.61. The largest absolute Gasteiger partial charge is 0.441 e. The van der Waals surface area contributed by atoms with Gasteiger partial charge in [0, 0.05) is 10.9 Å². The molecule has 0 unspecified atom stereocenters. The number of halogens is 1. The minimum atomic E-state index is 0.696. The number of rotatable bonds is 2. The molecule has 0 N–H and O–H groups in total. The smallest absolute Gasteiger partial charge is 0.226 e. The van der Waals surface area contributed by atoms with Gasteiger partial charge in [0.05, 0.1) is 5.69 Å². The quantitative estimate of drug-likeness (QED) is 0.771. The molecule has 15 heavy (non-hydrogen) atoms. The fourth-order valence-corrected chi connectivity index (χ4v) is 1.89. The van der Waals surface area contributed by atoms with E-state index >= 15 is 0 Å². The lowest BCUT2D eigenvalue weighted by molar-refractivity contribution is 0.540. The van der Waals surface area contributed by atoms with Gasteiger partial charge < -0.3 is 4.42 Å². The summed E-state index contributed by atoms with van der Waals surface area (Å²) >= 11 is 3.38. The summed E-state index contributed by atoms with van der Waals surface area (Å²) in [4.78, 5) is 4.41. The lowest BCUT2D eigenvalue weighted by Crippen LogP contribution is -1.81. The van der Waals surface area contributed by atoms with E-state index in [1.165, 1.54) is 5.56 Å². The molecular weight excluding hydrogens is 254 g/mol. The van der Waals surface area contributed by atoms with E-state index in [1.807, 2.05) is 19.1 Å². The van der Waals surface area contributed by atoms with E-state index in [4.69, 9.17) is 4.42 Å². The van der Waals surface area contributed by atoms with Gasteiger partial charge in [0.2, 0.25) is 5.89 Å². The van der Waals surface area contributed by atoms with Crippen LogP contribution in [0.25, 0.3) is 11.5 Å². The van der Waals surface area contributed by atoms with Crippen LogP contribution in [0, 0.1) is 13.8 Å². The van der Waals surface area contributed by atoms with Gasteiger partial charge in [0.1, 0.15) is 5.76 Å². The van der Waals surface area contributed by atoms with Gasteiger partial charge in [0.25, 0.3) is 0 Å². The maximum absolute atomic E-state index is 5.59. The Morgan fingerprint density at radius 3 is 2.40 bits per heavy atom. The third-order valence-electron chi connectivity index (χ3n) is 2.32. The van der Waals surface area contributed by atoms with Crippen molar-refractivity contribution >= 4 is 15.9 Å². The molecule has 3 heteroatoms. The second kappa shape index (κ2) is 4.19. The highest BCUT2D eigenvalue weighted by molar-refractivity contribution is 9.08. The van der Waals surface area contributed by atoms with E-state index in [-0.39, 0.29) is 0 Å². The Morgan fingerprint density at radius 1 is 1.20 bits per heavy atom. The molecule has 0 saturated carbocycles. The number of hydrogen-bond acceptors (Lipinski definition) is 2. The van der Waals surface area contributed by atoms with Gasteiger partial charge in [-0.15, -0.1) is 0 Å². The molecule has 2 nitrogen and oxygen atoms in total. The number of aromatic nitrogens is 1. The molecule has 0 bridgehead atoms. The molecule has 0 amide bonds. The lowest BCUT2D eigenvalue weighted by Gasteiger charge is -1.95. The minimum absolute atomic E-state index is 0.696. The fourth-order valence-electron chi connectivity index (χ4n) is 1.37. The topological polar surface area (TPSA) is 26.0 Å². The summed E-state index contributed by atoms with van der Waals surface area (Å²) in [7, 11) is 0. The normalized spacial score (nSPS) is 10.6. The Hall–Kier alpha value is -1.09. The van der Waals surface area contributed by atoms with Crippen LogP contribution in [-0.2, 0) is 5.33 Å². The Balaban J connectivity index is 2.41. The Labute approximate surface area is 97.5 Å². The number of hydrogen-bond donors (Lipinski definition) is 0. The molecule has 0 radical (unpaired) electrons. The molecule has 0 saturated heterocycles. The van der Waals surface area contributed by atoms with Crippen molar-refractivity contribution in [3.63, 3.8) is 0 Å². The van der Waals surface area contributed by atoms with Crippen molar-refractivity contribution in [1.82, 2.24) is 4.98 Å². The molecule has 1 aromatic heterocycles. The highest BCUT2D eigenvalue weighted by atomic mass is 79.9. The van der Waals surface area contributed by atoms with Gasteiger partial charge in [-0.1, -0.05) is 33.6 Å². The van der Waals surface area contributed by atoms with Crippen LogP contribution in [0.3, 0.4) is 0 Å². The lowest BCUT2D eigenvalue weighted by atomic mass is 10.1. The molecule has 0 aliphatic heterocycles. The first-order valence-corrected chi connectivity index (χ1v) is 5.92. The Morgan fingerprint density at radius 2 is 1.87 bits per heavy atom. The van der Waals surface area contributed by atoms with Crippen LogP contribution in [0.5, 0.6) is 0 Å². The van der Waals surface area contributed by atoms with E-state index < -0.39 is 0 Å². The Kier molecular flexibility index (Phi) is 2.91. The molecule has 0 atom stereocenters. The maximum Gasteiger partial charge on any atom is 0.226 e. The van der Waals surface area contributed by atoms with E-state index in [2.05, 4.69) is 40.0 Å². The van der Waals surface area contributed by atoms with E-state index in [0.717, 1.165) is 22.3 Å². The predicted molar refractivity (Wildman–Crippen MR) is 64.0 cm³/mol. The summed E-state index contributed by atoms with van der Waals surface area (Å²) in [6.45, 7) is 4.00. The third kappa shape index (κ3) is 2.12. The average molecular weight is 266 g/mol. The predicted octanol–water partition coefficient (Wildman–Crippen LogP) is 3.85. The van der Waals surface area contributed by atoms with Gasteiger partial charge in [-0.3, -0.25) is 0 Å². The van der Waals surface area contributed by atoms with Crippen LogP contribution in [0.2, 0.25) is 0 Å². The molecule has 78 valence electrons. The molecule has 1 aromatic carbocycles. The van der Waals surface area contributed by atoms with Crippen LogP contribution < -0.4 is 0 Å². The second-order valence-electron chi connectivity index (χ2n) is 3.52. The van der Waals surface area contributed by atoms with E-state index in [9.17, 15) is 0 Å². The number of aryl methyl sites for hydroxylation is 2. The zero-order valence-electron chi connectivity index (χ0n) is 8.75. The number of alkyl halides is 1. The van der Waals surface area contributed by atoms with Crippen molar-refractivity contribution < 1.29 is 4.42 Å². The first kappa shape index (κ1) is 10.4. The Bertz CT molecular complexity index is 459. The summed E-state index contributed by atoms with van der Waals surface area (Å²) in [6.07, 6.45) is 0. The van der Waals surface area contributed by atoms with E-state index in [1.54, 1.807) is 0 Å². The molecule has 0 aliphatic carbocycles. The van der Waals surface area contributed by atoms with Crippen molar-refractivity contribution in [2.75, 3.05) is 0 Å². The van der Waals surface area contributed by atoms with Crippen LogP contribution >= 0.6 is 15.9 Å². The standard InChI is InChI=1S/C12H12BrNO/c1-8-3-5-10(6-4-8)12-14-11(7-13)9(2)15-12/h3-6H,7H2,1-2H3. The van der Waals surface area contributed by atoms with Crippen molar-refractivity contribution in [2.24, 2.45) is 0 Å². The SMILES string of the molecule is Cc1ccc(-c2nc(CBr)c(C)o2)cc1. The number of benzene rings is 1. The van der Waals surface area contributed by atoms with Crippen LogP contribution in [0.1, 0.15) is 17.0 Å². The van der Waals surface area contributed by atoms with Crippen LogP contribution in [-0.4, -0.2) is 4.98 Å². The number of nitrogens with zero attached hydrogens (tertiary/aromatic N) is 1. The van der Waals surface area contributed by atoms with Crippen molar-refractivity contribution in [3.05, 3.63) is 41.3 Å². The van der Waals surface area contributed by atoms with Crippen molar-refractivity contribution in [3.8, 4) is 11.5 Å². The first-order chi connectivity index (χ1) is 7.20. The zero-order chi connectivity index (χ0) is 10.8. The second-order valence-corrected chi connectivity index (χ2v) is 4.08. The zero-order valence-corrected chi connectivity index (χ0v) is 10.3. The van der Waals surface area contributed by atoms with Gasteiger partial charge in [-0.05, 0) is 26.0 Å². The van der Waals surface area contributed by atoms with Crippen molar-refractivity contribution in [1.29, 1.82) is 0 Å². The molecular formula is C12H12BrNO. The van der Waals surface area contributed by atoms with Gasteiger partial charge in [-0.2, -0.15) is 0 Å². The summed E-state index contributed by atoms with van der Waals surface area (Å²) in [5.41, 5.74) is 3.23. The van der Waals surface area contributed by atoms with Gasteiger partial charge in [-0.25, -0.2) is 4.98 Å². The summed E-state index contributed by atoms with van der Waals surface area (Å²) in [5.74, 6) is 1.57. The molecule has 0 fully saturated rings. The van der Waals surface area contributed by atoms with Gasteiger partial charge >= 0.3 is 0 Å². The molecule has 0 spiro atoms. The van der Waals surface area contributed by atoms with Crippen LogP contribution in [0.4, 0.5) is 0 Å². The summed E-state index contributed by atoms with van der Waals surface area (Å²) < 4.78 is 5.59. The maximum atomic E-state index is 5.59. The fraction of sp³-hybridized carbons (Fsp3) is 0.250. The first-order valence-electron chi connectivity index (χ1n) is 4.80. The minimum Gasteiger partial charge on any atom is -0.441 e. The van der Waals surface area contributed by atoms with Crippen molar-refractivity contribution in [2.45, 2.75) is 19.2 Å². The monoisotopic (exact) mass is 265 g/mol. The van der Waals surface area contributed by atoms with Gasteiger partial charge in [0.15, 0.2) is 0 Å². The summed E-state index contributed by atoms with van der Waals surface area (Å²) in [6, 6.07) is 8.17. The highest BCUT2D eigenvalue weighted by Gasteiger charge is 2.09. The molecule has 2 aromatic rings. The molecule has 2 rings (SSSR count). The van der Waals surface area contributed by atoms with E-state index in [0.29, 0.717) is 5.89 Å². The summed E-state index contributed by atoms with van der Waals surface area (Å²) in [5, 5.41) is 0.730. The number of oxazole rings is 1.